The Morgan fingerprint density at radius 1 is 1.17 bits per heavy atom. The van der Waals surface area contributed by atoms with Gasteiger partial charge in [-0.05, 0) is 19.3 Å². The highest BCUT2D eigenvalue weighted by molar-refractivity contribution is 5.81. The number of rotatable bonds is 10. The molecular formula is C12H19NO5. The summed E-state index contributed by atoms with van der Waals surface area (Å²) < 4.78 is 4.72. The number of aliphatic carboxylic acids is 1. The Bertz CT molecular complexity index is 301. The Morgan fingerprint density at radius 2 is 1.83 bits per heavy atom. The molecule has 0 rings (SSSR count). The summed E-state index contributed by atoms with van der Waals surface area (Å²) in [7, 11) is 0. The number of esters is 1. The van der Waals surface area contributed by atoms with E-state index in [9.17, 15) is 14.4 Å². The van der Waals surface area contributed by atoms with Gasteiger partial charge in [-0.1, -0.05) is 6.58 Å². The molecule has 0 atom stereocenters. The highest BCUT2D eigenvalue weighted by Gasteiger charge is 2.02. The maximum atomic E-state index is 11.3. The van der Waals surface area contributed by atoms with E-state index in [0.717, 1.165) is 6.08 Å². The van der Waals surface area contributed by atoms with Crippen LogP contribution in [0, 0.1) is 0 Å². The van der Waals surface area contributed by atoms with E-state index in [-0.39, 0.29) is 18.9 Å². The molecule has 0 aromatic heterocycles. The molecule has 0 fully saturated rings. The van der Waals surface area contributed by atoms with Crippen molar-refractivity contribution in [2.75, 3.05) is 13.2 Å². The minimum absolute atomic E-state index is 0.0881. The van der Waals surface area contributed by atoms with Crippen LogP contribution in [0.25, 0.3) is 0 Å². The summed E-state index contributed by atoms with van der Waals surface area (Å²) >= 11 is 0. The van der Waals surface area contributed by atoms with Crippen LogP contribution in [0.1, 0.15) is 32.1 Å². The Labute approximate surface area is 106 Å². The van der Waals surface area contributed by atoms with Crippen LogP contribution in [0.5, 0.6) is 0 Å². The largest absolute Gasteiger partial charge is 0.481 e. The maximum absolute atomic E-state index is 11.3. The van der Waals surface area contributed by atoms with Gasteiger partial charge in [-0.2, -0.15) is 0 Å². The van der Waals surface area contributed by atoms with Crippen molar-refractivity contribution in [1.82, 2.24) is 5.32 Å². The van der Waals surface area contributed by atoms with Crippen molar-refractivity contribution in [3.05, 3.63) is 12.7 Å². The van der Waals surface area contributed by atoms with E-state index in [1.807, 2.05) is 0 Å². The molecule has 0 saturated carbocycles. The van der Waals surface area contributed by atoms with Crippen molar-refractivity contribution in [1.29, 1.82) is 0 Å². The second-order valence-corrected chi connectivity index (χ2v) is 3.68. The highest BCUT2D eigenvalue weighted by atomic mass is 16.5. The van der Waals surface area contributed by atoms with Crippen LogP contribution in [0.3, 0.4) is 0 Å². The van der Waals surface area contributed by atoms with E-state index in [1.165, 1.54) is 0 Å². The molecule has 0 aliphatic carbocycles. The number of carboxylic acids is 1. The Hall–Kier alpha value is -1.85. The van der Waals surface area contributed by atoms with Crippen LogP contribution in [0.2, 0.25) is 0 Å². The normalized spacial score (nSPS) is 9.56. The first-order valence-corrected chi connectivity index (χ1v) is 5.84. The molecule has 0 bridgehead atoms. The number of unbranched alkanes of at least 4 members (excludes halogenated alkanes) is 1. The van der Waals surface area contributed by atoms with Gasteiger partial charge in [-0.3, -0.25) is 9.59 Å². The molecule has 1 amide bonds. The SMILES string of the molecule is C=CC(=O)OCCCNC(=O)CCCCC(=O)O. The van der Waals surface area contributed by atoms with Gasteiger partial charge in [0.25, 0.3) is 0 Å². The van der Waals surface area contributed by atoms with Gasteiger partial charge >= 0.3 is 11.9 Å². The fourth-order valence-corrected chi connectivity index (χ4v) is 1.18. The third-order valence-electron chi connectivity index (χ3n) is 2.10. The smallest absolute Gasteiger partial charge is 0.330 e. The number of hydrogen-bond acceptors (Lipinski definition) is 4. The van der Waals surface area contributed by atoms with Gasteiger partial charge in [0, 0.05) is 25.5 Å². The van der Waals surface area contributed by atoms with Crippen LogP contribution < -0.4 is 5.32 Å². The van der Waals surface area contributed by atoms with Crippen molar-refractivity contribution < 1.29 is 24.2 Å². The van der Waals surface area contributed by atoms with Gasteiger partial charge in [-0.25, -0.2) is 4.79 Å². The summed E-state index contributed by atoms with van der Waals surface area (Å²) in [4.78, 5) is 32.1. The van der Waals surface area contributed by atoms with Crippen molar-refractivity contribution in [2.45, 2.75) is 32.1 Å². The van der Waals surface area contributed by atoms with E-state index >= 15 is 0 Å². The van der Waals surface area contributed by atoms with Crippen molar-refractivity contribution in [2.24, 2.45) is 0 Å². The maximum Gasteiger partial charge on any atom is 0.330 e. The van der Waals surface area contributed by atoms with E-state index in [0.29, 0.717) is 32.2 Å². The number of hydrogen-bond donors (Lipinski definition) is 2. The lowest BCUT2D eigenvalue weighted by Crippen LogP contribution is -2.25. The highest BCUT2D eigenvalue weighted by Crippen LogP contribution is 1.99. The van der Waals surface area contributed by atoms with E-state index in [2.05, 4.69) is 11.9 Å². The van der Waals surface area contributed by atoms with E-state index in [4.69, 9.17) is 9.84 Å². The number of nitrogens with one attached hydrogen (secondary N) is 1. The average molecular weight is 257 g/mol. The molecule has 0 radical (unpaired) electrons. The molecular weight excluding hydrogens is 238 g/mol. The zero-order valence-electron chi connectivity index (χ0n) is 10.3. The second-order valence-electron chi connectivity index (χ2n) is 3.68. The number of carboxylic acid groups (broad SMARTS) is 1. The van der Waals surface area contributed by atoms with E-state index < -0.39 is 11.9 Å². The summed E-state index contributed by atoms with van der Waals surface area (Å²) in [5.74, 6) is -1.44. The number of ether oxygens (including phenoxy) is 1. The molecule has 0 heterocycles. The van der Waals surface area contributed by atoms with Crippen LogP contribution in [0.15, 0.2) is 12.7 Å². The first-order chi connectivity index (χ1) is 8.56. The number of amides is 1. The minimum Gasteiger partial charge on any atom is -0.481 e. The first-order valence-electron chi connectivity index (χ1n) is 5.84. The lowest BCUT2D eigenvalue weighted by atomic mass is 10.2. The van der Waals surface area contributed by atoms with Gasteiger partial charge in [-0.15, -0.1) is 0 Å². The minimum atomic E-state index is -0.848. The predicted octanol–water partition coefficient (Wildman–Crippen LogP) is 0.867. The number of carbonyl (C=O) groups is 3. The number of carbonyl (C=O) groups excluding carboxylic acids is 2. The molecule has 0 unspecified atom stereocenters. The molecule has 6 nitrogen and oxygen atoms in total. The van der Waals surface area contributed by atoms with Crippen LogP contribution in [0.4, 0.5) is 0 Å². The predicted molar refractivity (Wildman–Crippen MR) is 64.9 cm³/mol. The molecule has 6 heteroatoms. The summed E-state index contributed by atoms with van der Waals surface area (Å²) in [5, 5.41) is 11.1. The molecule has 0 aromatic rings. The quantitative estimate of drug-likeness (QED) is 0.344. The molecule has 0 aliphatic rings. The topological polar surface area (TPSA) is 92.7 Å². The average Bonchev–Trinajstić information content (AvgIpc) is 2.33. The molecule has 2 N–H and O–H groups in total. The second kappa shape index (κ2) is 10.3. The monoisotopic (exact) mass is 257 g/mol. The van der Waals surface area contributed by atoms with Crippen molar-refractivity contribution in [3.63, 3.8) is 0 Å². The zero-order chi connectivity index (χ0) is 13.8. The van der Waals surface area contributed by atoms with Crippen molar-refractivity contribution in [3.8, 4) is 0 Å². The fourth-order valence-electron chi connectivity index (χ4n) is 1.18. The van der Waals surface area contributed by atoms with Gasteiger partial charge in [0.2, 0.25) is 5.91 Å². The third kappa shape index (κ3) is 10.7. The molecule has 0 saturated heterocycles. The Kier molecular flexibility index (Phi) is 9.25. The Morgan fingerprint density at radius 3 is 2.44 bits per heavy atom. The van der Waals surface area contributed by atoms with Gasteiger partial charge in [0.1, 0.15) is 0 Å². The third-order valence-corrected chi connectivity index (χ3v) is 2.10. The molecule has 0 aliphatic heterocycles. The van der Waals surface area contributed by atoms with Gasteiger partial charge < -0.3 is 15.2 Å². The zero-order valence-corrected chi connectivity index (χ0v) is 10.3. The first kappa shape index (κ1) is 16.1. The van der Waals surface area contributed by atoms with Crippen molar-refractivity contribution >= 4 is 17.8 Å². The van der Waals surface area contributed by atoms with Crippen LogP contribution in [-0.4, -0.2) is 36.1 Å². The Balaban J connectivity index is 3.34. The standard InChI is InChI=1S/C12H19NO5/c1-2-12(17)18-9-5-8-13-10(14)6-3-4-7-11(15)16/h2H,1,3-9H2,(H,13,14)(H,15,16). The lowest BCUT2D eigenvalue weighted by molar-refractivity contribution is -0.138. The lowest BCUT2D eigenvalue weighted by Gasteiger charge is -2.05. The van der Waals surface area contributed by atoms with E-state index in [1.54, 1.807) is 0 Å². The molecule has 0 spiro atoms. The summed E-state index contributed by atoms with van der Waals surface area (Å²) in [6.45, 7) is 3.93. The van der Waals surface area contributed by atoms with Crippen LogP contribution >= 0.6 is 0 Å². The molecule has 102 valence electrons. The fraction of sp³-hybridized carbons (Fsp3) is 0.583. The summed E-state index contributed by atoms with van der Waals surface area (Å²) in [6.07, 6.45) is 3.09. The summed E-state index contributed by atoms with van der Waals surface area (Å²) in [5.41, 5.74) is 0. The van der Waals surface area contributed by atoms with Gasteiger partial charge in [0.05, 0.1) is 6.61 Å². The van der Waals surface area contributed by atoms with Gasteiger partial charge in [0.15, 0.2) is 0 Å². The molecule has 18 heavy (non-hydrogen) atoms. The summed E-state index contributed by atoms with van der Waals surface area (Å²) in [6, 6.07) is 0. The molecule has 0 aromatic carbocycles. The van der Waals surface area contributed by atoms with Crippen LogP contribution in [-0.2, 0) is 19.1 Å².